The molecule has 3 heterocycles. The third-order valence-electron chi connectivity index (χ3n) is 5.24. The van der Waals surface area contributed by atoms with Crippen LogP contribution in [0.5, 0.6) is 5.75 Å². The number of alkyl halides is 3. The van der Waals surface area contributed by atoms with E-state index >= 15 is 0 Å². The number of hydrogen-bond acceptors (Lipinski definition) is 7. The average Bonchev–Trinajstić information content (AvgIpc) is 3.19. The van der Waals surface area contributed by atoms with Crippen LogP contribution in [-0.2, 0) is 10.9 Å². The summed E-state index contributed by atoms with van der Waals surface area (Å²) in [6, 6.07) is 8.98. The van der Waals surface area contributed by atoms with Gasteiger partial charge in [-0.25, -0.2) is 9.67 Å². The molecule has 0 radical (unpaired) electrons. The summed E-state index contributed by atoms with van der Waals surface area (Å²) in [6.07, 6.45) is -2.69. The maximum atomic E-state index is 12.7. The lowest BCUT2D eigenvalue weighted by Gasteiger charge is -2.30. The quantitative estimate of drug-likeness (QED) is 0.563. The number of likely N-dealkylation sites (N-methyl/N-ethyl adjacent to an activating group) is 1. The van der Waals surface area contributed by atoms with Crippen LogP contribution in [0.3, 0.4) is 0 Å². The van der Waals surface area contributed by atoms with Crippen LogP contribution < -0.4 is 15.8 Å². The highest BCUT2D eigenvalue weighted by Crippen LogP contribution is 2.29. The molecule has 1 aliphatic heterocycles. The third kappa shape index (κ3) is 5.29. The van der Waals surface area contributed by atoms with Gasteiger partial charge in [0.2, 0.25) is 0 Å². The van der Waals surface area contributed by atoms with Crippen molar-refractivity contribution in [2.24, 2.45) is 0 Å². The molecule has 1 unspecified atom stereocenters. The van der Waals surface area contributed by atoms with Gasteiger partial charge in [0.05, 0.1) is 18.4 Å². The van der Waals surface area contributed by atoms with Gasteiger partial charge >= 0.3 is 6.18 Å². The number of aromatic nitrogens is 3. The Balaban J connectivity index is 1.48. The van der Waals surface area contributed by atoms with Crippen molar-refractivity contribution >= 4 is 17.5 Å². The lowest BCUT2D eigenvalue weighted by Crippen LogP contribution is -2.42. The number of amides is 1. The Hall–Kier alpha value is -3.64. The number of nitrogen functional groups attached to an aromatic ring is 1. The monoisotopic (exact) mass is 476 g/mol. The summed E-state index contributed by atoms with van der Waals surface area (Å²) in [5.74, 6) is -0.168. The molecule has 0 spiro atoms. The Morgan fingerprint density at radius 3 is 2.76 bits per heavy atom. The molecular weight excluding hydrogens is 453 g/mol. The minimum Gasteiger partial charge on any atom is -0.489 e. The Morgan fingerprint density at radius 2 is 2.06 bits per heavy atom. The van der Waals surface area contributed by atoms with Crippen molar-refractivity contribution in [1.82, 2.24) is 19.7 Å². The zero-order valence-corrected chi connectivity index (χ0v) is 18.2. The number of carbonyl (C=O) groups excluding carboxylic acids is 1. The van der Waals surface area contributed by atoms with Gasteiger partial charge in [0.1, 0.15) is 41.3 Å². The van der Waals surface area contributed by atoms with Gasteiger partial charge in [-0.2, -0.15) is 18.3 Å². The predicted molar refractivity (Wildman–Crippen MR) is 118 cm³/mol. The van der Waals surface area contributed by atoms with E-state index in [0.717, 1.165) is 25.2 Å². The fourth-order valence-corrected chi connectivity index (χ4v) is 3.45. The first-order valence-electron chi connectivity index (χ1n) is 10.4. The molecule has 2 aromatic heterocycles. The minimum absolute atomic E-state index is 0.0359. The summed E-state index contributed by atoms with van der Waals surface area (Å²) in [4.78, 5) is 18.4. The van der Waals surface area contributed by atoms with Gasteiger partial charge in [0, 0.05) is 19.3 Å². The van der Waals surface area contributed by atoms with Crippen LogP contribution in [0.2, 0.25) is 0 Å². The van der Waals surface area contributed by atoms with Crippen LogP contribution in [0.25, 0.3) is 5.69 Å². The Labute approximate surface area is 193 Å². The number of hydrogen-bond donors (Lipinski definition) is 2. The molecule has 1 aliphatic rings. The Kier molecular flexibility index (Phi) is 6.70. The van der Waals surface area contributed by atoms with E-state index in [0.29, 0.717) is 30.8 Å². The van der Waals surface area contributed by atoms with Crippen LogP contribution in [0.1, 0.15) is 15.9 Å². The SMILES string of the molecule is CN1CCOC(COc2ccccc2-n2ncc(C(=O)Nc3ccc(C(F)(F)F)cn3)c2N)C1. The van der Waals surface area contributed by atoms with E-state index in [2.05, 4.69) is 20.3 Å². The molecule has 1 saturated heterocycles. The zero-order valence-electron chi connectivity index (χ0n) is 18.2. The molecule has 34 heavy (non-hydrogen) atoms. The highest BCUT2D eigenvalue weighted by molar-refractivity contribution is 6.06. The van der Waals surface area contributed by atoms with Gasteiger partial charge in [-0.15, -0.1) is 0 Å². The van der Waals surface area contributed by atoms with Crippen molar-refractivity contribution < 1.29 is 27.4 Å². The summed E-state index contributed by atoms with van der Waals surface area (Å²) in [5, 5.41) is 6.63. The molecule has 1 amide bonds. The number of nitrogens with one attached hydrogen (secondary N) is 1. The summed E-state index contributed by atoms with van der Waals surface area (Å²) in [7, 11) is 2.01. The smallest absolute Gasteiger partial charge is 0.417 e. The molecule has 0 aliphatic carbocycles. The number of halogens is 3. The number of anilines is 2. The topological polar surface area (TPSA) is 108 Å². The molecule has 1 fully saturated rings. The Morgan fingerprint density at radius 1 is 1.26 bits per heavy atom. The number of carbonyl (C=O) groups is 1. The summed E-state index contributed by atoms with van der Waals surface area (Å²) >= 11 is 0. The van der Waals surface area contributed by atoms with Gasteiger partial charge in [-0.05, 0) is 31.3 Å². The van der Waals surface area contributed by atoms with Crippen molar-refractivity contribution in [3.8, 4) is 11.4 Å². The first kappa shape index (κ1) is 23.5. The van der Waals surface area contributed by atoms with Gasteiger partial charge in [0.15, 0.2) is 0 Å². The summed E-state index contributed by atoms with van der Waals surface area (Å²) in [6.45, 7) is 2.57. The second-order valence-corrected chi connectivity index (χ2v) is 7.77. The molecule has 3 aromatic rings. The molecule has 0 bridgehead atoms. The molecule has 1 atom stereocenters. The second-order valence-electron chi connectivity index (χ2n) is 7.77. The number of benzene rings is 1. The maximum absolute atomic E-state index is 12.7. The molecule has 0 saturated carbocycles. The van der Waals surface area contributed by atoms with Crippen molar-refractivity contribution in [3.05, 3.63) is 59.9 Å². The van der Waals surface area contributed by atoms with E-state index in [4.69, 9.17) is 15.2 Å². The number of rotatable bonds is 6. The van der Waals surface area contributed by atoms with Crippen LogP contribution in [0.4, 0.5) is 24.8 Å². The van der Waals surface area contributed by atoms with E-state index in [1.54, 1.807) is 24.3 Å². The highest BCUT2D eigenvalue weighted by Gasteiger charge is 2.30. The lowest BCUT2D eigenvalue weighted by atomic mass is 10.2. The second kappa shape index (κ2) is 9.69. The third-order valence-corrected chi connectivity index (χ3v) is 5.24. The van der Waals surface area contributed by atoms with Crippen molar-refractivity contribution in [1.29, 1.82) is 0 Å². The number of nitrogens with zero attached hydrogens (tertiary/aromatic N) is 4. The number of para-hydroxylation sites is 2. The first-order chi connectivity index (χ1) is 16.2. The molecule has 180 valence electrons. The van der Waals surface area contributed by atoms with Crippen LogP contribution in [0, 0.1) is 0 Å². The molecule has 4 rings (SSSR count). The lowest BCUT2D eigenvalue weighted by molar-refractivity contribution is -0.137. The Bertz CT molecular complexity index is 1150. The predicted octanol–water partition coefficient (Wildman–Crippen LogP) is 2.83. The number of nitrogens with two attached hydrogens (primary N) is 1. The molecule has 9 nitrogen and oxygen atoms in total. The van der Waals surface area contributed by atoms with Crippen molar-refractivity contribution in [2.45, 2.75) is 12.3 Å². The van der Waals surface area contributed by atoms with E-state index < -0.39 is 17.6 Å². The number of morpholine rings is 1. The minimum atomic E-state index is -4.52. The van der Waals surface area contributed by atoms with E-state index in [1.807, 2.05) is 7.05 Å². The van der Waals surface area contributed by atoms with Gasteiger partial charge in [0.25, 0.3) is 5.91 Å². The van der Waals surface area contributed by atoms with E-state index in [9.17, 15) is 18.0 Å². The number of pyridine rings is 1. The normalized spacial score (nSPS) is 16.9. The van der Waals surface area contributed by atoms with Crippen LogP contribution >= 0.6 is 0 Å². The van der Waals surface area contributed by atoms with Crippen LogP contribution in [0.15, 0.2) is 48.8 Å². The van der Waals surface area contributed by atoms with Crippen LogP contribution in [-0.4, -0.2) is 65.0 Å². The largest absolute Gasteiger partial charge is 0.489 e. The summed E-state index contributed by atoms with van der Waals surface area (Å²) < 4.78 is 51.2. The van der Waals surface area contributed by atoms with Crippen molar-refractivity contribution in [3.63, 3.8) is 0 Å². The fraction of sp³-hybridized carbons (Fsp3) is 0.318. The van der Waals surface area contributed by atoms with Gasteiger partial charge in [-0.3, -0.25) is 4.79 Å². The average molecular weight is 476 g/mol. The van der Waals surface area contributed by atoms with E-state index in [-0.39, 0.29) is 23.3 Å². The fourth-order valence-electron chi connectivity index (χ4n) is 3.45. The number of ether oxygens (including phenoxy) is 2. The van der Waals surface area contributed by atoms with Gasteiger partial charge < -0.3 is 25.4 Å². The van der Waals surface area contributed by atoms with Crippen molar-refractivity contribution in [2.75, 3.05) is 44.4 Å². The molecule has 3 N–H and O–H groups in total. The molecule has 12 heteroatoms. The standard InChI is InChI=1S/C22H23F3N6O3/c1-30-8-9-33-15(12-30)13-34-18-5-3-2-4-17(18)31-20(26)16(11-28-31)21(32)29-19-7-6-14(10-27-19)22(23,24)25/h2-7,10-11,15H,8-9,12-13,26H2,1H3,(H,27,29,32). The summed E-state index contributed by atoms with van der Waals surface area (Å²) in [5.41, 5.74) is 5.82. The van der Waals surface area contributed by atoms with E-state index in [1.165, 1.54) is 10.9 Å². The molecule has 1 aromatic carbocycles. The zero-order chi connectivity index (χ0) is 24.3. The first-order valence-corrected chi connectivity index (χ1v) is 10.4. The maximum Gasteiger partial charge on any atom is 0.417 e. The highest BCUT2D eigenvalue weighted by atomic mass is 19.4. The molecular formula is C22H23F3N6O3. The van der Waals surface area contributed by atoms with Gasteiger partial charge in [-0.1, -0.05) is 12.1 Å².